The first kappa shape index (κ1) is 24.0. The third kappa shape index (κ3) is 5.58. The van der Waals surface area contributed by atoms with Gasteiger partial charge in [0.1, 0.15) is 11.5 Å². The van der Waals surface area contributed by atoms with Crippen molar-refractivity contribution >= 4 is 35.3 Å². The second-order valence-electron chi connectivity index (χ2n) is 6.64. The minimum Gasteiger partial charge on any atom is -0.462 e. The molecule has 0 spiro atoms. The van der Waals surface area contributed by atoms with Gasteiger partial charge in [-0.25, -0.2) is 19.0 Å². The van der Waals surface area contributed by atoms with Gasteiger partial charge in [0.15, 0.2) is 5.16 Å². The van der Waals surface area contributed by atoms with Crippen molar-refractivity contribution in [2.24, 2.45) is 0 Å². The number of rotatable bonds is 8. The summed E-state index contributed by atoms with van der Waals surface area (Å²) in [6.07, 6.45) is 3.20. The van der Waals surface area contributed by atoms with E-state index in [4.69, 9.17) is 9.47 Å². The summed E-state index contributed by atoms with van der Waals surface area (Å²) in [6.45, 7) is 3.63. The number of aromatic nitrogens is 2. The molecule has 1 heterocycles. The minimum absolute atomic E-state index is 0.0922. The van der Waals surface area contributed by atoms with E-state index in [1.807, 2.05) is 0 Å². The number of carbonyl (C=O) groups is 3. The zero-order valence-electron chi connectivity index (χ0n) is 18.3. The molecule has 0 unspecified atom stereocenters. The highest BCUT2D eigenvalue weighted by molar-refractivity contribution is 7.98. The van der Waals surface area contributed by atoms with Crippen LogP contribution in [0, 0.1) is 5.82 Å². The number of hydrogen-bond donors (Lipinski definition) is 1. The van der Waals surface area contributed by atoms with Crippen LogP contribution in [0.1, 0.15) is 45.1 Å². The van der Waals surface area contributed by atoms with Crippen molar-refractivity contribution in [3.05, 3.63) is 71.3 Å². The van der Waals surface area contributed by atoms with Crippen molar-refractivity contribution in [1.29, 1.82) is 0 Å². The summed E-state index contributed by atoms with van der Waals surface area (Å²) in [4.78, 5) is 41.9. The summed E-state index contributed by atoms with van der Waals surface area (Å²) < 4.78 is 25.0. The SMILES string of the molecule is CCOC(=O)c1cc(NC(=O)c2cnc(SC)n2-c2ccc(F)cc2)cc(C(=O)OCC)c1. The van der Waals surface area contributed by atoms with E-state index in [-0.39, 0.29) is 35.7 Å². The molecule has 1 N–H and O–H groups in total. The van der Waals surface area contributed by atoms with Gasteiger partial charge in [-0.3, -0.25) is 9.36 Å². The van der Waals surface area contributed by atoms with E-state index in [2.05, 4.69) is 10.3 Å². The predicted molar refractivity (Wildman–Crippen MR) is 122 cm³/mol. The lowest BCUT2D eigenvalue weighted by atomic mass is 10.1. The molecule has 0 saturated carbocycles. The number of esters is 2. The Hall–Kier alpha value is -3.66. The van der Waals surface area contributed by atoms with Gasteiger partial charge in [-0.2, -0.15) is 0 Å². The lowest BCUT2D eigenvalue weighted by molar-refractivity contribution is 0.0525. The molecule has 3 aromatic rings. The molecule has 172 valence electrons. The maximum absolute atomic E-state index is 13.4. The monoisotopic (exact) mass is 471 g/mol. The average molecular weight is 472 g/mol. The number of thioether (sulfide) groups is 1. The quantitative estimate of drug-likeness (QED) is 0.385. The highest BCUT2D eigenvalue weighted by atomic mass is 32.2. The maximum Gasteiger partial charge on any atom is 0.338 e. The largest absolute Gasteiger partial charge is 0.462 e. The number of benzene rings is 2. The van der Waals surface area contributed by atoms with E-state index in [0.29, 0.717) is 10.8 Å². The van der Waals surface area contributed by atoms with Gasteiger partial charge in [-0.15, -0.1) is 0 Å². The number of anilines is 1. The Kier molecular flexibility index (Phi) is 7.83. The lowest BCUT2D eigenvalue weighted by Crippen LogP contribution is -2.18. The zero-order valence-corrected chi connectivity index (χ0v) is 19.1. The molecule has 1 amide bonds. The number of imidazole rings is 1. The van der Waals surface area contributed by atoms with E-state index in [0.717, 1.165) is 0 Å². The molecule has 0 fully saturated rings. The van der Waals surface area contributed by atoms with Crippen molar-refractivity contribution in [2.45, 2.75) is 19.0 Å². The van der Waals surface area contributed by atoms with Crippen molar-refractivity contribution in [1.82, 2.24) is 9.55 Å². The average Bonchev–Trinajstić information content (AvgIpc) is 3.24. The van der Waals surface area contributed by atoms with E-state index < -0.39 is 23.7 Å². The third-order valence-corrected chi connectivity index (χ3v) is 5.10. The van der Waals surface area contributed by atoms with Gasteiger partial charge in [-0.05, 0) is 62.6 Å². The maximum atomic E-state index is 13.4. The van der Waals surface area contributed by atoms with Crippen LogP contribution in [-0.2, 0) is 9.47 Å². The van der Waals surface area contributed by atoms with E-state index in [1.165, 1.54) is 60.4 Å². The highest BCUT2D eigenvalue weighted by Crippen LogP contribution is 2.24. The molecular weight excluding hydrogens is 449 g/mol. The lowest BCUT2D eigenvalue weighted by Gasteiger charge is -2.13. The second-order valence-corrected chi connectivity index (χ2v) is 7.41. The molecule has 8 nitrogen and oxygen atoms in total. The molecule has 0 saturated heterocycles. The second kappa shape index (κ2) is 10.8. The van der Waals surface area contributed by atoms with Gasteiger partial charge in [0.25, 0.3) is 5.91 Å². The molecule has 33 heavy (non-hydrogen) atoms. The van der Waals surface area contributed by atoms with Crippen LogP contribution in [0.4, 0.5) is 10.1 Å². The van der Waals surface area contributed by atoms with Crippen LogP contribution in [0.2, 0.25) is 0 Å². The normalized spacial score (nSPS) is 10.5. The van der Waals surface area contributed by atoms with Gasteiger partial charge in [-0.1, -0.05) is 11.8 Å². The molecule has 2 aromatic carbocycles. The van der Waals surface area contributed by atoms with Crippen LogP contribution in [0.15, 0.2) is 53.8 Å². The van der Waals surface area contributed by atoms with Crippen LogP contribution in [-0.4, -0.2) is 46.9 Å². The van der Waals surface area contributed by atoms with E-state index >= 15 is 0 Å². The third-order valence-electron chi connectivity index (χ3n) is 4.44. The van der Waals surface area contributed by atoms with E-state index in [1.54, 1.807) is 24.7 Å². The molecule has 0 bridgehead atoms. The first-order valence-electron chi connectivity index (χ1n) is 10.1. The Morgan fingerprint density at radius 3 is 2.09 bits per heavy atom. The standard InChI is InChI=1S/C23H22FN3O5S/c1-4-31-21(29)14-10-15(22(30)32-5-2)12-17(11-14)26-20(28)19-13-25-23(33-3)27(19)18-8-6-16(24)7-9-18/h6-13H,4-5H2,1-3H3,(H,26,28). The minimum atomic E-state index is -0.639. The highest BCUT2D eigenvalue weighted by Gasteiger charge is 2.20. The summed E-state index contributed by atoms with van der Waals surface area (Å²) in [6, 6.07) is 9.81. The Labute approximate surface area is 194 Å². The fraction of sp³-hybridized carbons (Fsp3) is 0.217. The summed E-state index contributed by atoms with van der Waals surface area (Å²) in [7, 11) is 0. The molecule has 10 heteroatoms. The Morgan fingerprint density at radius 1 is 1.00 bits per heavy atom. The summed E-state index contributed by atoms with van der Waals surface area (Å²) in [5.74, 6) is -2.22. The predicted octanol–water partition coefficient (Wildman–Crippen LogP) is 4.34. The molecular formula is C23H22FN3O5S. The van der Waals surface area contributed by atoms with Crippen molar-refractivity contribution < 1.29 is 28.2 Å². The number of amides is 1. The van der Waals surface area contributed by atoms with Crippen LogP contribution < -0.4 is 5.32 Å². The Balaban J connectivity index is 1.99. The summed E-state index contributed by atoms with van der Waals surface area (Å²) >= 11 is 1.32. The number of nitrogens with zero attached hydrogens (tertiary/aromatic N) is 2. The number of halogens is 1. The molecule has 0 atom stereocenters. The van der Waals surface area contributed by atoms with Crippen LogP contribution in [0.5, 0.6) is 0 Å². The Bertz CT molecular complexity index is 1140. The van der Waals surface area contributed by atoms with Gasteiger partial charge in [0.2, 0.25) is 0 Å². The molecule has 3 rings (SSSR count). The van der Waals surface area contributed by atoms with Crippen molar-refractivity contribution in [3.8, 4) is 5.69 Å². The van der Waals surface area contributed by atoms with E-state index in [9.17, 15) is 18.8 Å². The number of hydrogen-bond acceptors (Lipinski definition) is 7. The topological polar surface area (TPSA) is 99.5 Å². The molecule has 0 aliphatic carbocycles. The molecule has 0 aliphatic rings. The number of nitrogens with one attached hydrogen (secondary N) is 1. The van der Waals surface area contributed by atoms with Gasteiger partial charge in [0, 0.05) is 11.4 Å². The molecule has 1 aromatic heterocycles. The first-order chi connectivity index (χ1) is 15.9. The van der Waals surface area contributed by atoms with Gasteiger partial charge in [0.05, 0.1) is 30.5 Å². The van der Waals surface area contributed by atoms with Crippen LogP contribution in [0.3, 0.4) is 0 Å². The van der Waals surface area contributed by atoms with Gasteiger partial charge < -0.3 is 14.8 Å². The van der Waals surface area contributed by atoms with Crippen LogP contribution >= 0.6 is 11.8 Å². The number of ether oxygens (including phenoxy) is 2. The molecule has 0 aliphatic heterocycles. The fourth-order valence-corrected chi connectivity index (χ4v) is 3.58. The first-order valence-corrected chi connectivity index (χ1v) is 11.3. The summed E-state index contributed by atoms with van der Waals surface area (Å²) in [5.41, 5.74) is 1.12. The van der Waals surface area contributed by atoms with Crippen LogP contribution in [0.25, 0.3) is 5.69 Å². The summed E-state index contributed by atoms with van der Waals surface area (Å²) in [5, 5.41) is 3.22. The molecule has 0 radical (unpaired) electrons. The number of carbonyl (C=O) groups excluding carboxylic acids is 3. The zero-order chi connectivity index (χ0) is 24.0. The fourth-order valence-electron chi connectivity index (χ4n) is 3.04. The smallest absolute Gasteiger partial charge is 0.338 e. The van der Waals surface area contributed by atoms with Gasteiger partial charge >= 0.3 is 11.9 Å². The van der Waals surface area contributed by atoms with Crippen molar-refractivity contribution in [2.75, 3.05) is 24.8 Å². The Morgan fingerprint density at radius 2 is 1.58 bits per heavy atom. The van der Waals surface area contributed by atoms with Crippen molar-refractivity contribution in [3.63, 3.8) is 0 Å².